The largest absolute Gasteiger partial charge is 0.433 e. The third-order valence-electron chi connectivity index (χ3n) is 3.32. The van der Waals surface area contributed by atoms with Crippen LogP contribution in [0.4, 0.5) is 30.6 Å². The number of aryl methyl sites for hydroxylation is 1. The van der Waals surface area contributed by atoms with E-state index in [1.807, 2.05) is 25.9 Å². The highest BCUT2D eigenvalue weighted by atomic mass is 35.5. The summed E-state index contributed by atoms with van der Waals surface area (Å²) in [6.07, 6.45) is -4.57. The Morgan fingerprint density at radius 2 is 1.88 bits per heavy atom. The Morgan fingerprint density at radius 1 is 1.16 bits per heavy atom. The third-order valence-corrected chi connectivity index (χ3v) is 3.56. The van der Waals surface area contributed by atoms with Crippen molar-refractivity contribution in [3.8, 4) is 0 Å². The van der Waals surface area contributed by atoms with Gasteiger partial charge in [-0.15, -0.1) is 0 Å². The third kappa shape index (κ3) is 5.75. The standard InChI is InChI=1S/C16H19ClF3N5/c1-10-4-5-11(17)8-12(10)22-14-9-13(16(18,19)20)23-15(24-14)21-6-7-25(2)3/h4-5,8-9H,6-7H2,1-3H3,(H2,21,22,23,24). The van der Waals surface area contributed by atoms with Gasteiger partial charge in [0.05, 0.1) is 0 Å². The Kier molecular flexibility index (Phi) is 6.07. The van der Waals surface area contributed by atoms with E-state index in [9.17, 15) is 13.2 Å². The minimum atomic E-state index is -4.57. The van der Waals surface area contributed by atoms with Crippen LogP contribution in [0.3, 0.4) is 0 Å². The molecule has 0 spiro atoms. The first kappa shape index (κ1) is 19.3. The zero-order valence-electron chi connectivity index (χ0n) is 14.1. The molecule has 0 radical (unpaired) electrons. The molecule has 2 rings (SSSR count). The number of hydrogen-bond donors (Lipinski definition) is 2. The number of alkyl halides is 3. The lowest BCUT2D eigenvalue weighted by Gasteiger charge is -2.15. The molecule has 2 aromatic rings. The zero-order chi connectivity index (χ0) is 18.6. The second-order valence-electron chi connectivity index (χ2n) is 5.77. The van der Waals surface area contributed by atoms with E-state index in [0.29, 0.717) is 23.8 Å². The number of halogens is 4. The summed E-state index contributed by atoms with van der Waals surface area (Å²) < 4.78 is 39.3. The molecule has 0 atom stereocenters. The molecule has 9 heteroatoms. The molecular weight excluding hydrogens is 355 g/mol. The second kappa shape index (κ2) is 7.88. The fourth-order valence-corrected chi connectivity index (χ4v) is 2.17. The molecular formula is C16H19ClF3N5. The van der Waals surface area contributed by atoms with E-state index in [4.69, 9.17) is 11.6 Å². The van der Waals surface area contributed by atoms with Crippen molar-refractivity contribution in [1.82, 2.24) is 14.9 Å². The Labute approximate surface area is 149 Å². The molecule has 0 unspecified atom stereocenters. The van der Waals surface area contributed by atoms with Crippen molar-refractivity contribution in [2.45, 2.75) is 13.1 Å². The number of hydrogen-bond acceptors (Lipinski definition) is 5. The van der Waals surface area contributed by atoms with E-state index < -0.39 is 11.9 Å². The van der Waals surface area contributed by atoms with Gasteiger partial charge in [-0.3, -0.25) is 0 Å². The van der Waals surface area contributed by atoms with Crippen LogP contribution in [0.1, 0.15) is 11.3 Å². The molecule has 0 amide bonds. The van der Waals surface area contributed by atoms with Crippen LogP contribution < -0.4 is 10.6 Å². The summed E-state index contributed by atoms with van der Waals surface area (Å²) in [6.45, 7) is 2.88. The lowest BCUT2D eigenvalue weighted by molar-refractivity contribution is -0.141. The highest BCUT2D eigenvalue weighted by Crippen LogP contribution is 2.31. The lowest BCUT2D eigenvalue weighted by Crippen LogP contribution is -2.22. The molecule has 0 bridgehead atoms. The van der Waals surface area contributed by atoms with Gasteiger partial charge in [0.1, 0.15) is 5.82 Å². The smallest absolute Gasteiger partial charge is 0.353 e. The van der Waals surface area contributed by atoms with Gasteiger partial charge in [-0.2, -0.15) is 18.2 Å². The SMILES string of the molecule is Cc1ccc(Cl)cc1Nc1cc(C(F)(F)F)nc(NCCN(C)C)n1. The van der Waals surface area contributed by atoms with Crippen LogP contribution in [0.2, 0.25) is 5.02 Å². The number of rotatable bonds is 6. The van der Waals surface area contributed by atoms with E-state index >= 15 is 0 Å². The van der Waals surface area contributed by atoms with Gasteiger partial charge < -0.3 is 15.5 Å². The fourth-order valence-electron chi connectivity index (χ4n) is 1.99. The van der Waals surface area contributed by atoms with Crippen LogP contribution in [0.15, 0.2) is 24.3 Å². The summed E-state index contributed by atoms with van der Waals surface area (Å²) in [5.41, 5.74) is 0.397. The van der Waals surface area contributed by atoms with Gasteiger partial charge >= 0.3 is 6.18 Å². The summed E-state index contributed by atoms with van der Waals surface area (Å²) in [7, 11) is 3.73. The molecule has 25 heavy (non-hydrogen) atoms. The predicted octanol–water partition coefficient (Wildman–Crippen LogP) is 4.17. The van der Waals surface area contributed by atoms with Crippen LogP contribution in [0, 0.1) is 6.92 Å². The Morgan fingerprint density at radius 3 is 2.52 bits per heavy atom. The maximum Gasteiger partial charge on any atom is 0.433 e. The van der Waals surface area contributed by atoms with E-state index in [2.05, 4.69) is 20.6 Å². The van der Waals surface area contributed by atoms with Crippen molar-refractivity contribution in [2.24, 2.45) is 0 Å². The molecule has 0 aliphatic rings. The molecule has 5 nitrogen and oxygen atoms in total. The van der Waals surface area contributed by atoms with Crippen LogP contribution in [-0.4, -0.2) is 42.1 Å². The van der Waals surface area contributed by atoms with Crippen molar-refractivity contribution < 1.29 is 13.2 Å². The van der Waals surface area contributed by atoms with Gasteiger partial charge in [-0.25, -0.2) is 4.98 Å². The normalized spacial score (nSPS) is 11.7. The molecule has 2 N–H and O–H groups in total. The van der Waals surface area contributed by atoms with Gasteiger partial charge in [0, 0.05) is 29.9 Å². The second-order valence-corrected chi connectivity index (χ2v) is 6.21. The summed E-state index contributed by atoms with van der Waals surface area (Å²) in [5, 5.41) is 6.16. The van der Waals surface area contributed by atoms with E-state index in [0.717, 1.165) is 11.6 Å². The van der Waals surface area contributed by atoms with Crippen LogP contribution in [-0.2, 0) is 6.18 Å². The zero-order valence-corrected chi connectivity index (χ0v) is 14.8. The predicted molar refractivity (Wildman–Crippen MR) is 93.5 cm³/mol. The Balaban J connectivity index is 2.30. The molecule has 1 heterocycles. The maximum absolute atomic E-state index is 13.1. The highest BCUT2D eigenvalue weighted by molar-refractivity contribution is 6.30. The van der Waals surface area contributed by atoms with E-state index in [-0.39, 0.29) is 11.8 Å². The van der Waals surface area contributed by atoms with E-state index in [1.165, 1.54) is 0 Å². The topological polar surface area (TPSA) is 53.1 Å². The monoisotopic (exact) mass is 373 g/mol. The Bertz CT molecular complexity index is 734. The first-order chi connectivity index (χ1) is 11.6. The number of aromatic nitrogens is 2. The molecule has 0 fully saturated rings. The number of nitrogens with one attached hydrogen (secondary N) is 2. The summed E-state index contributed by atoms with van der Waals surface area (Å²) in [5.74, 6) is -0.0427. The molecule has 0 saturated heterocycles. The highest BCUT2D eigenvalue weighted by Gasteiger charge is 2.33. The van der Waals surface area contributed by atoms with Gasteiger partial charge in [0.2, 0.25) is 5.95 Å². The van der Waals surface area contributed by atoms with Gasteiger partial charge in [-0.1, -0.05) is 17.7 Å². The lowest BCUT2D eigenvalue weighted by atomic mass is 10.2. The quantitative estimate of drug-likeness (QED) is 0.795. The van der Waals surface area contributed by atoms with E-state index in [1.54, 1.807) is 18.2 Å². The summed E-state index contributed by atoms with van der Waals surface area (Å²) in [6, 6.07) is 5.98. The molecule has 0 aliphatic carbocycles. The number of benzene rings is 1. The van der Waals surface area contributed by atoms with Gasteiger partial charge in [-0.05, 0) is 38.7 Å². The molecule has 0 aliphatic heterocycles. The maximum atomic E-state index is 13.1. The van der Waals surface area contributed by atoms with Crippen molar-refractivity contribution in [2.75, 3.05) is 37.8 Å². The number of anilines is 3. The minimum absolute atomic E-state index is 0.0417. The molecule has 136 valence electrons. The molecule has 0 saturated carbocycles. The minimum Gasteiger partial charge on any atom is -0.353 e. The fraction of sp³-hybridized carbons (Fsp3) is 0.375. The number of likely N-dealkylation sites (N-methyl/N-ethyl adjacent to an activating group) is 1. The van der Waals surface area contributed by atoms with Crippen LogP contribution in [0.5, 0.6) is 0 Å². The van der Waals surface area contributed by atoms with Crippen molar-refractivity contribution in [3.63, 3.8) is 0 Å². The molecule has 1 aromatic carbocycles. The average molecular weight is 374 g/mol. The summed E-state index contributed by atoms with van der Waals surface area (Å²) >= 11 is 5.95. The number of nitrogens with zero attached hydrogens (tertiary/aromatic N) is 3. The first-order valence-electron chi connectivity index (χ1n) is 7.53. The van der Waals surface area contributed by atoms with Crippen molar-refractivity contribution in [3.05, 3.63) is 40.5 Å². The molecule has 1 aromatic heterocycles. The first-order valence-corrected chi connectivity index (χ1v) is 7.91. The van der Waals surface area contributed by atoms with Gasteiger partial charge in [0.25, 0.3) is 0 Å². The average Bonchev–Trinajstić information content (AvgIpc) is 2.49. The summed E-state index contributed by atoms with van der Waals surface area (Å²) in [4.78, 5) is 9.56. The van der Waals surface area contributed by atoms with Crippen LogP contribution >= 0.6 is 11.6 Å². The van der Waals surface area contributed by atoms with Crippen LogP contribution in [0.25, 0.3) is 0 Å². The van der Waals surface area contributed by atoms with Gasteiger partial charge in [0.15, 0.2) is 5.69 Å². The van der Waals surface area contributed by atoms with Crippen molar-refractivity contribution >= 4 is 29.1 Å². The Hall–Kier alpha value is -2.06. The van der Waals surface area contributed by atoms with Crippen molar-refractivity contribution in [1.29, 1.82) is 0 Å².